The molecule has 1 aliphatic rings. The molecular formula is C22H27N3O5. The summed E-state index contributed by atoms with van der Waals surface area (Å²) in [6.07, 6.45) is 0.964. The lowest BCUT2D eigenvalue weighted by molar-refractivity contribution is 0.0236. The van der Waals surface area contributed by atoms with E-state index in [9.17, 15) is 9.59 Å². The Kier molecular flexibility index (Phi) is 6.54. The number of piperidine rings is 1. The number of carbonyl (C=O) groups excluding carboxylic acids is 2. The fourth-order valence-electron chi connectivity index (χ4n) is 3.22. The van der Waals surface area contributed by atoms with Crippen LogP contribution in [0.5, 0.6) is 0 Å². The summed E-state index contributed by atoms with van der Waals surface area (Å²) in [4.78, 5) is 26.0. The Bertz CT molecular complexity index is 918. The van der Waals surface area contributed by atoms with Gasteiger partial charge in [-0.15, -0.1) is 10.2 Å². The maximum absolute atomic E-state index is 12.4. The molecule has 1 aromatic carbocycles. The first kappa shape index (κ1) is 21.5. The van der Waals surface area contributed by atoms with Gasteiger partial charge in [0.05, 0.1) is 6.61 Å². The van der Waals surface area contributed by atoms with Crippen LogP contribution < -0.4 is 0 Å². The van der Waals surface area contributed by atoms with Crippen LogP contribution >= 0.6 is 0 Å². The van der Waals surface area contributed by atoms with E-state index < -0.39 is 11.6 Å². The maximum Gasteiger partial charge on any atom is 0.410 e. The highest BCUT2D eigenvalue weighted by atomic mass is 16.6. The predicted molar refractivity (Wildman–Crippen MR) is 110 cm³/mol. The zero-order valence-corrected chi connectivity index (χ0v) is 17.8. The molecule has 0 saturated carbocycles. The molecule has 0 bridgehead atoms. The van der Waals surface area contributed by atoms with Crippen LogP contribution in [0.3, 0.4) is 0 Å². The molecule has 1 aliphatic heterocycles. The highest BCUT2D eigenvalue weighted by Gasteiger charge is 2.28. The van der Waals surface area contributed by atoms with Crippen molar-refractivity contribution in [3.8, 4) is 0 Å². The van der Waals surface area contributed by atoms with Crippen molar-refractivity contribution in [1.82, 2.24) is 15.1 Å². The molecule has 30 heavy (non-hydrogen) atoms. The summed E-state index contributed by atoms with van der Waals surface area (Å²) in [5.41, 5.74) is 2.26. The van der Waals surface area contributed by atoms with Crippen LogP contribution in [0, 0.1) is 0 Å². The van der Waals surface area contributed by atoms with E-state index >= 15 is 0 Å². The lowest BCUT2D eigenvalue weighted by Crippen LogP contribution is -2.40. The quantitative estimate of drug-likeness (QED) is 0.697. The monoisotopic (exact) mass is 413 g/mol. The number of nitrogens with zero attached hydrogens (tertiary/aromatic N) is 3. The van der Waals surface area contributed by atoms with Gasteiger partial charge in [-0.05, 0) is 46.1 Å². The summed E-state index contributed by atoms with van der Waals surface area (Å²) in [7, 11) is 0. The first-order valence-corrected chi connectivity index (χ1v) is 10.0. The van der Waals surface area contributed by atoms with E-state index in [-0.39, 0.29) is 24.5 Å². The third kappa shape index (κ3) is 5.25. The van der Waals surface area contributed by atoms with Crippen LogP contribution in [0.4, 0.5) is 4.79 Å². The van der Waals surface area contributed by atoms with Crippen LogP contribution in [0.15, 0.2) is 40.3 Å². The second-order valence-electron chi connectivity index (χ2n) is 7.94. The minimum atomic E-state index is -0.645. The number of amides is 1. The normalized spacial score (nSPS) is 14.4. The van der Waals surface area contributed by atoms with Crippen LogP contribution in [0.1, 0.15) is 62.7 Å². The summed E-state index contributed by atoms with van der Waals surface area (Å²) in [5.74, 6) is -0.551. The van der Waals surface area contributed by atoms with E-state index in [1.807, 2.05) is 51.1 Å². The van der Waals surface area contributed by atoms with Gasteiger partial charge in [0.15, 0.2) is 0 Å². The van der Waals surface area contributed by atoms with Gasteiger partial charge in [0.25, 0.3) is 0 Å². The Morgan fingerprint density at radius 2 is 1.70 bits per heavy atom. The molecule has 8 nitrogen and oxygen atoms in total. The van der Waals surface area contributed by atoms with Gasteiger partial charge in [0.2, 0.25) is 5.89 Å². The van der Waals surface area contributed by atoms with E-state index in [1.54, 1.807) is 11.8 Å². The number of aromatic nitrogens is 2. The van der Waals surface area contributed by atoms with Gasteiger partial charge in [0, 0.05) is 18.7 Å². The number of hydrogen-bond acceptors (Lipinski definition) is 7. The summed E-state index contributed by atoms with van der Waals surface area (Å²) >= 11 is 0. The van der Waals surface area contributed by atoms with Crippen molar-refractivity contribution in [2.24, 2.45) is 0 Å². The fourth-order valence-corrected chi connectivity index (χ4v) is 3.22. The van der Waals surface area contributed by atoms with Crippen molar-refractivity contribution < 1.29 is 23.5 Å². The number of hydrogen-bond donors (Lipinski definition) is 0. The van der Waals surface area contributed by atoms with Gasteiger partial charge in [-0.2, -0.15) is 0 Å². The number of benzene rings is 1. The van der Waals surface area contributed by atoms with Crippen molar-refractivity contribution in [3.63, 3.8) is 0 Å². The zero-order valence-electron chi connectivity index (χ0n) is 17.8. The van der Waals surface area contributed by atoms with E-state index in [2.05, 4.69) is 10.2 Å². The predicted octanol–water partition coefficient (Wildman–Crippen LogP) is 4.08. The number of rotatable bonds is 4. The van der Waals surface area contributed by atoms with E-state index in [0.29, 0.717) is 25.9 Å². The SMILES string of the molecule is CCOC(=O)c1nnc(C(=C2CCN(C(=O)OC(C)(C)C)CC2)c2ccccc2)o1. The maximum atomic E-state index is 12.4. The van der Waals surface area contributed by atoms with Crippen molar-refractivity contribution in [2.75, 3.05) is 19.7 Å². The molecule has 0 radical (unpaired) electrons. The molecule has 0 aliphatic carbocycles. The molecule has 0 atom stereocenters. The number of carbonyl (C=O) groups is 2. The summed E-state index contributed by atoms with van der Waals surface area (Å²) in [5, 5.41) is 7.94. The molecule has 0 spiro atoms. The largest absolute Gasteiger partial charge is 0.459 e. The third-order valence-electron chi connectivity index (χ3n) is 4.52. The summed E-state index contributed by atoms with van der Waals surface area (Å²) < 4.78 is 16.1. The molecule has 2 aromatic rings. The molecule has 2 heterocycles. The van der Waals surface area contributed by atoms with Gasteiger partial charge in [0.1, 0.15) is 5.60 Å². The number of ether oxygens (including phenoxy) is 2. The minimum absolute atomic E-state index is 0.174. The summed E-state index contributed by atoms with van der Waals surface area (Å²) in [6, 6.07) is 9.69. The topological polar surface area (TPSA) is 94.8 Å². The van der Waals surface area contributed by atoms with Gasteiger partial charge in [-0.3, -0.25) is 0 Å². The van der Waals surface area contributed by atoms with Crippen molar-refractivity contribution >= 4 is 17.6 Å². The molecule has 1 aromatic heterocycles. The van der Waals surface area contributed by atoms with E-state index in [4.69, 9.17) is 13.9 Å². The lowest BCUT2D eigenvalue weighted by atomic mass is 9.93. The van der Waals surface area contributed by atoms with E-state index in [0.717, 1.165) is 16.7 Å². The molecule has 0 unspecified atom stereocenters. The first-order valence-electron chi connectivity index (χ1n) is 10.0. The van der Waals surface area contributed by atoms with Gasteiger partial charge in [-0.25, -0.2) is 9.59 Å². The third-order valence-corrected chi connectivity index (χ3v) is 4.52. The number of likely N-dealkylation sites (tertiary alicyclic amines) is 1. The van der Waals surface area contributed by atoms with Gasteiger partial charge in [-0.1, -0.05) is 35.9 Å². The molecule has 0 N–H and O–H groups in total. The van der Waals surface area contributed by atoms with Crippen LogP contribution in [-0.4, -0.2) is 52.5 Å². The molecule has 160 valence electrons. The Hall–Kier alpha value is -3.16. The molecule has 1 amide bonds. The molecular weight excluding hydrogens is 386 g/mol. The average molecular weight is 413 g/mol. The molecule has 3 rings (SSSR count). The number of esters is 1. The highest BCUT2D eigenvalue weighted by Crippen LogP contribution is 2.32. The van der Waals surface area contributed by atoms with Crippen LogP contribution in [0.2, 0.25) is 0 Å². The van der Waals surface area contributed by atoms with Gasteiger partial charge >= 0.3 is 18.0 Å². The fraction of sp³-hybridized carbons (Fsp3) is 0.455. The Morgan fingerprint density at radius 3 is 2.30 bits per heavy atom. The second-order valence-corrected chi connectivity index (χ2v) is 7.94. The average Bonchev–Trinajstić information content (AvgIpc) is 3.18. The standard InChI is InChI=1S/C22H27N3O5/c1-5-28-20(26)19-24-23-18(29-19)17(15-9-7-6-8-10-15)16-11-13-25(14-12-16)21(27)30-22(2,3)4/h6-10H,5,11-14H2,1-4H3. The minimum Gasteiger partial charge on any atom is -0.459 e. The molecule has 8 heteroatoms. The van der Waals surface area contributed by atoms with Crippen LogP contribution in [0.25, 0.3) is 5.57 Å². The smallest absolute Gasteiger partial charge is 0.410 e. The Morgan fingerprint density at radius 1 is 1.07 bits per heavy atom. The van der Waals surface area contributed by atoms with E-state index in [1.165, 1.54) is 0 Å². The molecule has 1 fully saturated rings. The van der Waals surface area contributed by atoms with Gasteiger partial charge < -0.3 is 18.8 Å². The first-order chi connectivity index (χ1) is 14.3. The lowest BCUT2D eigenvalue weighted by Gasteiger charge is -2.31. The van der Waals surface area contributed by atoms with Crippen molar-refractivity contribution in [3.05, 3.63) is 53.2 Å². The Balaban J connectivity index is 1.87. The Labute approximate surface area is 175 Å². The highest BCUT2D eigenvalue weighted by molar-refractivity contribution is 5.85. The van der Waals surface area contributed by atoms with Crippen LogP contribution in [-0.2, 0) is 9.47 Å². The van der Waals surface area contributed by atoms with Crippen molar-refractivity contribution in [2.45, 2.75) is 46.1 Å². The zero-order chi connectivity index (χ0) is 21.7. The van der Waals surface area contributed by atoms with Crippen molar-refractivity contribution in [1.29, 1.82) is 0 Å². The second kappa shape index (κ2) is 9.11. The summed E-state index contributed by atoms with van der Waals surface area (Å²) in [6.45, 7) is 8.55. The molecule has 1 saturated heterocycles.